The fourth-order valence-corrected chi connectivity index (χ4v) is 5.32. The Labute approximate surface area is 182 Å². The molecular weight excluding hydrogens is 452 g/mol. The molecule has 0 spiro atoms. The van der Waals surface area contributed by atoms with E-state index in [0.717, 1.165) is 45.5 Å². The Hall–Kier alpha value is -2.12. The number of carbonyl (C=O) groups is 1. The van der Waals surface area contributed by atoms with Crippen LogP contribution in [-0.4, -0.2) is 36.1 Å². The van der Waals surface area contributed by atoms with Gasteiger partial charge in [-0.15, -0.1) is 11.3 Å². The van der Waals surface area contributed by atoms with E-state index in [1.165, 1.54) is 0 Å². The number of carbonyl (C=O) groups excluding carboxylic acids is 1. The molecule has 1 fully saturated rings. The van der Waals surface area contributed by atoms with Crippen molar-refractivity contribution in [2.45, 2.75) is 32.2 Å². The van der Waals surface area contributed by atoms with Gasteiger partial charge < -0.3 is 14.4 Å². The van der Waals surface area contributed by atoms with Crippen molar-refractivity contribution in [1.29, 1.82) is 0 Å². The molecule has 2 heterocycles. The van der Waals surface area contributed by atoms with Crippen molar-refractivity contribution in [1.82, 2.24) is 9.88 Å². The Kier molecular flexibility index (Phi) is 6.06. The average molecular weight is 475 g/mol. The van der Waals surface area contributed by atoms with E-state index in [1.54, 1.807) is 24.5 Å². The number of thiazole rings is 1. The number of methoxy groups -OCH3 is 1. The molecule has 0 bridgehead atoms. The molecule has 3 aromatic rings. The summed E-state index contributed by atoms with van der Waals surface area (Å²) in [4.78, 5) is 20.1. The third-order valence-corrected chi connectivity index (χ3v) is 6.76. The summed E-state index contributed by atoms with van der Waals surface area (Å²) in [6.07, 6.45) is 2.80. The molecule has 1 unspecified atom stereocenters. The number of ether oxygens (including phenoxy) is 2. The van der Waals surface area contributed by atoms with Crippen molar-refractivity contribution < 1.29 is 14.3 Å². The lowest BCUT2D eigenvalue weighted by atomic mass is 10.1. The lowest BCUT2D eigenvalue weighted by molar-refractivity contribution is 0.0735. The van der Waals surface area contributed by atoms with Crippen molar-refractivity contribution >= 4 is 43.4 Å². The van der Waals surface area contributed by atoms with Gasteiger partial charge in [0.25, 0.3) is 5.91 Å². The van der Waals surface area contributed by atoms with Crippen LogP contribution in [-0.2, 0) is 0 Å². The van der Waals surface area contributed by atoms with E-state index in [4.69, 9.17) is 14.5 Å². The predicted molar refractivity (Wildman–Crippen MR) is 119 cm³/mol. The second kappa shape index (κ2) is 8.71. The lowest BCUT2D eigenvalue weighted by Gasteiger charge is -2.24. The first-order valence-corrected chi connectivity index (χ1v) is 11.4. The molecule has 2 aromatic carbocycles. The van der Waals surface area contributed by atoms with Gasteiger partial charge in [-0.3, -0.25) is 4.79 Å². The Morgan fingerprint density at radius 2 is 2.17 bits per heavy atom. The highest BCUT2D eigenvalue weighted by atomic mass is 79.9. The second-order valence-electron chi connectivity index (χ2n) is 7.01. The normalized spacial score (nSPS) is 16.4. The van der Waals surface area contributed by atoms with Crippen LogP contribution in [0, 0.1) is 0 Å². The molecule has 7 heteroatoms. The van der Waals surface area contributed by atoms with E-state index in [-0.39, 0.29) is 11.9 Å². The molecular formula is C22H23BrN2O3S. The maximum atomic E-state index is 13.4. The van der Waals surface area contributed by atoms with Crippen LogP contribution in [0.5, 0.6) is 11.5 Å². The monoisotopic (exact) mass is 474 g/mol. The summed E-state index contributed by atoms with van der Waals surface area (Å²) in [5.41, 5.74) is 1.58. The number of amides is 1. The van der Waals surface area contributed by atoms with Crippen molar-refractivity contribution in [3.8, 4) is 11.5 Å². The van der Waals surface area contributed by atoms with Gasteiger partial charge in [0.05, 0.1) is 34.4 Å². The van der Waals surface area contributed by atoms with Gasteiger partial charge in [-0.2, -0.15) is 0 Å². The number of hydrogen-bond acceptors (Lipinski definition) is 5. The van der Waals surface area contributed by atoms with Crippen LogP contribution >= 0.6 is 27.3 Å². The number of fused-ring (bicyclic) bond motifs is 1. The van der Waals surface area contributed by atoms with Crippen molar-refractivity contribution in [2.75, 3.05) is 20.3 Å². The molecule has 1 aliphatic rings. The summed E-state index contributed by atoms with van der Waals surface area (Å²) in [6.45, 7) is 3.37. The molecule has 5 nitrogen and oxygen atoms in total. The number of rotatable bonds is 6. The third kappa shape index (κ3) is 3.98. The summed E-state index contributed by atoms with van der Waals surface area (Å²) in [5.74, 6) is 1.19. The number of para-hydroxylation sites is 1. The molecule has 1 saturated heterocycles. The molecule has 1 aromatic heterocycles. The van der Waals surface area contributed by atoms with Gasteiger partial charge in [0.1, 0.15) is 5.01 Å². The molecule has 152 valence electrons. The van der Waals surface area contributed by atoms with Gasteiger partial charge in [-0.05, 0) is 59.5 Å². The van der Waals surface area contributed by atoms with Crippen LogP contribution in [0.2, 0.25) is 0 Å². The number of likely N-dealkylation sites (tertiary alicyclic amines) is 1. The van der Waals surface area contributed by atoms with E-state index in [9.17, 15) is 4.79 Å². The second-order valence-corrected chi connectivity index (χ2v) is 8.93. The number of halogens is 1. The Bertz CT molecular complexity index is 1000. The summed E-state index contributed by atoms with van der Waals surface area (Å²) in [5, 5.41) is 1.01. The van der Waals surface area contributed by atoms with Gasteiger partial charge in [0.15, 0.2) is 11.5 Å². The number of nitrogens with zero attached hydrogens (tertiary/aromatic N) is 2. The first-order chi connectivity index (χ1) is 14.1. The maximum absolute atomic E-state index is 13.4. The molecule has 1 amide bonds. The molecule has 4 rings (SSSR count). The van der Waals surface area contributed by atoms with E-state index < -0.39 is 0 Å². The molecule has 29 heavy (non-hydrogen) atoms. The van der Waals surface area contributed by atoms with E-state index in [2.05, 4.69) is 22.0 Å². The van der Waals surface area contributed by atoms with Gasteiger partial charge in [0, 0.05) is 12.1 Å². The lowest BCUT2D eigenvalue weighted by Crippen LogP contribution is -2.30. The van der Waals surface area contributed by atoms with Crippen LogP contribution in [0.25, 0.3) is 10.2 Å². The average Bonchev–Trinajstić information content (AvgIpc) is 3.38. The largest absolute Gasteiger partial charge is 0.493 e. The number of aromatic nitrogens is 1. The molecule has 0 radical (unpaired) electrons. The van der Waals surface area contributed by atoms with E-state index >= 15 is 0 Å². The molecule has 0 aliphatic carbocycles. The van der Waals surface area contributed by atoms with Crippen molar-refractivity contribution in [2.24, 2.45) is 0 Å². The van der Waals surface area contributed by atoms with Gasteiger partial charge in [-0.25, -0.2) is 4.98 Å². The minimum absolute atomic E-state index is 0.00667. The molecule has 1 aliphatic heterocycles. The van der Waals surface area contributed by atoms with Crippen molar-refractivity contribution in [3.05, 3.63) is 51.4 Å². The zero-order valence-electron chi connectivity index (χ0n) is 16.5. The Balaban J connectivity index is 1.63. The van der Waals surface area contributed by atoms with E-state index in [0.29, 0.717) is 23.7 Å². The summed E-state index contributed by atoms with van der Waals surface area (Å²) in [6, 6.07) is 11.7. The zero-order valence-corrected chi connectivity index (χ0v) is 18.9. The van der Waals surface area contributed by atoms with Crippen LogP contribution in [0.4, 0.5) is 0 Å². The van der Waals surface area contributed by atoms with Gasteiger partial charge in [-0.1, -0.05) is 19.1 Å². The predicted octanol–water partition coefficient (Wildman–Crippen LogP) is 5.83. The standard InChI is InChI=1S/C22H23BrN2O3S/c1-3-11-28-20-15(23)12-14(13-18(20)27-2)22(26)25-10-6-8-17(25)21-24-16-7-4-5-9-19(16)29-21/h4-5,7,9,12-13,17H,3,6,8,10-11H2,1-2H3. The summed E-state index contributed by atoms with van der Waals surface area (Å²) >= 11 is 5.22. The number of benzene rings is 2. The molecule has 0 N–H and O–H groups in total. The van der Waals surface area contributed by atoms with Crippen LogP contribution in [0.3, 0.4) is 0 Å². The highest BCUT2D eigenvalue weighted by Crippen LogP contribution is 2.40. The smallest absolute Gasteiger partial charge is 0.254 e. The quantitative estimate of drug-likeness (QED) is 0.450. The van der Waals surface area contributed by atoms with Crippen molar-refractivity contribution in [3.63, 3.8) is 0 Å². The van der Waals surface area contributed by atoms with Crippen LogP contribution in [0.1, 0.15) is 47.6 Å². The zero-order chi connectivity index (χ0) is 20.4. The maximum Gasteiger partial charge on any atom is 0.254 e. The molecule has 1 atom stereocenters. The van der Waals surface area contributed by atoms with Gasteiger partial charge in [0.2, 0.25) is 0 Å². The Morgan fingerprint density at radius 1 is 1.34 bits per heavy atom. The minimum Gasteiger partial charge on any atom is -0.493 e. The third-order valence-electron chi connectivity index (χ3n) is 5.04. The van der Waals surface area contributed by atoms with E-state index in [1.807, 2.05) is 36.1 Å². The minimum atomic E-state index is -0.00667. The first-order valence-electron chi connectivity index (χ1n) is 9.79. The van der Waals surface area contributed by atoms with Gasteiger partial charge >= 0.3 is 0 Å². The summed E-state index contributed by atoms with van der Waals surface area (Å²) < 4.78 is 13.2. The highest BCUT2D eigenvalue weighted by Gasteiger charge is 2.33. The first kappa shape index (κ1) is 20.2. The topological polar surface area (TPSA) is 51.7 Å². The van der Waals surface area contributed by atoms with Crippen LogP contribution in [0.15, 0.2) is 40.9 Å². The fraction of sp³-hybridized carbons (Fsp3) is 0.364. The fourth-order valence-electron chi connectivity index (χ4n) is 3.65. The summed E-state index contributed by atoms with van der Waals surface area (Å²) in [7, 11) is 1.59. The SMILES string of the molecule is CCCOc1c(Br)cc(C(=O)N2CCCC2c2nc3ccccc3s2)cc1OC. The highest BCUT2D eigenvalue weighted by molar-refractivity contribution is 9.10. The molecule has 0 saturated carbocycles. The number of hydrogen-bond donors (Lipinski definition) is 0. The van der Waals surface area contributed by atoms with Crippen LogP contribution < -0.4 is 9.47 Å². The Morgan fingerprint density at radius 3 is 2.93 bits per heavy atom.